The molecule has 0 spiro atoms. The minimum atomic E-state index is 0.262. The van der Waals surface area contributed by atoms with Gasteiger partial charge in [0, 0.05) is 28.2 Å². The molecule has 100 valence electrons. The van der Waals surface area contributed by atoms with Crippen LogP contribution in [-0.2, 0) is 6.42 Å². The SMILES string of the molecule is CC(Cc1ccco1)Nc1ccc(C(N)=S)cc1Br. The third-order valence-corrected chi connectivity index (χ3v) is 3.63. The number of hydrogen-bond acceptors (Lipinski definition) is 3. The summed E-state index contributed by atoms with van der Waals surface area (Å²) in [5.41, 5.74) is 7.47. The fourth-order valence-corrected chi connectivity index (χ4v) is 2.45. The second-order valence-corrected chi connectivity index (χ2v) is 5.68. The summed E-state index contributed by atoms with van der Waals surface area (Å²) in [6.07, 6.45) is 2.52. The monoisotopic (exact) mass is 338 g/mol. The van der Waals surface area contributed by atoms with Crippen molar-refractivity contribution in [1.82, 2.24) is 0 Å². The summed E-state index contributed by atoms with van der Waals surface area (Å²) in [6, 6.07) is 9.94. The zero-order valence-electron chi connectivity index (χ0n) is 10.5. The number of nitrogens with one attached hydrogen (secondary N) is 1. The first-order valence-electron chi connectivity index (χ1n) is 5.94. The molecule has 19 heavy (non-hydrogen) atoms. The van der Waals surface area contributed by atoms with Gasteiger partial charge in [-0.2, -0.15) is 0 Å². The van der Waals surface area contributed by atoms with Crippen LogP contribution in [0.25, 0.3) is 0 Å². The van der Waals surface area contributed by atoms with E-state index in [0.29, 0.717) is 4.99 Å². The van der Waals surface area contributed by atoms with Crippen LogP contribution in [0.2, 0.25) is 0 Å². The fraction of sp³-hybridized carbons (Fsp3) is 0.214. The molecule has 0 aliphatic heterocycles. The van der Waals surface area contributed by atoms with E-state index in [-0.39, 0.29) is 6.04 Å². The second-order valence-electron chi connectivity index (χ2n) is 4.39. The number of halogens is 1. The quantitative estimate of drug-likeness (QED) is 0.815. The molecule has 0 aliphatic rings. The average Bonchev–Trinajstić information content (AvgIpc) is 2.84. The minimum Gasteiger partial charge on any atom is -0.469 e. The Morgan fingerprint density at radius 1 is 1.47 bits per heavy atom. The van der Waals surface area contributed by atoms with E-state index in [9.17, 15) is 0 Å². The minimum absolute atomic E-state index is 0.262. The van der Waals surface area contributed by atoms with Gasteiger partial charge < -0.3 is 15.5 Å². The molecule has 0 aliphatic carbocycles. The van der Waals surface area contributed by atoms with Crippen LogP contribution in [0.3, 0.4) is 0 Å². The Morgan fingerprint density at radius 3 is 2.84 bits per heavy atom. The second kappa shape index (κ2) is 6.21. The van der Waals surface area contributed by atoms with Gasteiger partial charge in [-0.25, -0.2) is 0 Å². The Labute approximate surface area is 126 Å². The normalized spacial score (nSPS) is 12.1. The van der Waals surface area contributed by atoms with E-state index in [1.54, 1.807) is 6.26 Å². The average molecular weight is 339 g/mol. The van der Waals surface area contributed by atoms with Crippen molar-refractivity contribution >= 4 is 38.8 Å². The molecule has 3 N–H and O–H groups in total. The molecule has 1 unspecified atom stereocenters. The van der Waals surface area contributed by atoms with Gasteiger partial charge in [-0.05, 0) is 53.2 Å². The molecule has 1 aromatic carbocycles. The van der Waals surface area contributed by atoms with Crippen LogP contribution in [0.4, 0.5) is 5.69 Å². The summed E-state index contributed by atoms with van der Waals surface area (Å²) in [6.45, 7) is 2.11. The molecule has 0 radical (unpaired) electrons. The largest absolute Gasteiger partial charge is 0.469 e. The fourth-order valence-electron chi connectivity index (χ4n) is 1.83. The van der Waals surface area contributed by atoms with Crippen LogP contribution in [0.1, 0.15) is 18.2 Å². The molecule has 1 heterocycles. The van der Waals surface area contributed by atoms with Gasteiger partial charge in [-0.3, -0.25) is 0 Å². The van der Waals surface area contributed by atoms with E-state index in [2.05, 4.69) is 28.2 Å². The molecule has 1 aromatic heterocycles. The maximum Gasteiger partial charge on any atom is 0.105 e. The summed E-state index contributed by atoms with van der Waals surface area (Å²) in [4.78, 5) is 0.399. The first-order chi connectivity index (χ1) is 9.06. The molecule has 0 saturated heterocycles. The van der Waals surface area contributed by atoms with Crippen LogP contribution in [-0.4, -0.2) is 11.0 Å². The molecule has 0 amide bonds. The Morgan fingerprint density at radius 2 is 2.26 bits per heavy atom. The molecule has 2 aromatic rings. The van der Waals surface area contributed by atoms with E-state index in [4.69, 9.17) is 22.4 Å². The van der Waals surface area contributed by atoms with Crippen molar-refractivity contribution in [3.05, 3.63) is 52.4 Å². The number of hydrogen-bond donors (Lipinski definition) is 2. The first kappa shape index (κ1) is 14.1. The highest BCUT2D eigenvalue weighted by Crippen LogP contribution is 2.24. The third kappa shape index (κ3) is 3.81. The van der Waals surface area contributed by atoms with Crippen molar-refractivity contribution < 1.29 is 4.42 Å². The third-order valence-electron chi connectivity index (χ3n) is 2.74. The Balaban J connectivity index is 2.04. The molecule has 0 fully saturated rings. The summed E-state index contributed by atoms with van der Waals surface area (Å²) >= 11 is 8.47. The van der Waals surface area contributed by atoms with Gasteiger partial charge in [0.25, 0.3) is 0 Å². The molecule has 0 bridgehead atoms. The lowest BCUT2D eigenvalue weighted by Crippen LogP contribution is -2.18. The zero-order valence-corrected chi connectivity index (χ0v) is 12.9. The molecular weight excluding hydrogens is 324 g/mol. The number of benzene rings is 1. The highest BCUT2D eigenvalue weighted by Gasteiger charge is 2.09. The maximum absolute atomic E-state index is 5.60. The van der Waals surface area contributed by atoms with Gasteiger partial charge in [0.1, 0.15) is 10.7 Å². The van der Waals surface area contributed by atoms with E-state index in [0.717, 1.165) is 27.9 Å². The van der Waals surface area contributed by atoms with Gasteiger partial charge in [-0.15, -0.1) is 0 Å². The van der Waals surface area contributed by atoms with E-state index in [1.807, 2.05) is 30.3 Å². The number of thiocarbonyl (C=S) groups is 1. The van der Waals surface area contributed by atoms with E-state index in [1.165, 1.54) is 0 Å². The number of rotatable bonds is 5. The van der Waals surface area contributed by atoms with Crippen molar-refractivity contribution in [2.45, 2.75) is 19.4 Å². The van der Waals surface area contributed by atoms with Gasteiger partial charge in [0.05, 0.1) is 6.26 Å². The maximum atomic E-state index is 5.60. The topological polar surface area (TPSA) is 51.2 Å². The smallest absolute Gasteiger partial charge is 0.105 e. The lowest BCUT2D eigenvalue weighted by atomic mass is 10.1. The van der Waals surface area contributed by atoms with Crippen LogP contribution < -0.4 is 11.1 Å². The van der Waals surface area contributed by atoms with Gasteiger partial charge in [0.2, 0.25) is 0 Å². The van der Waals surface area contributed by atoms with Crippen molar-refractivity contribution in [3.63, 3.8) is 0 Å². The highest BCUT2D eigenvalue weighted by atomic mass is 79.9. The summed E-state index contributed by atoms with van der Waals surface area (Å²) in [5.74, 6) is 0.968. The van der Waals surface area contributed by atoms with Crippen molar-refractivity contribution in [2.75, 3.05) is 5.32 Å². The molecule has 5 heteroatoms. The van der Waals surface area contributed by atoms with Crippen LogP contribution in [0, 0.1) is 0 Å². The summed E-state index contributed by atoms with van der Waals surface area (Å²) < 4.78 is 6.29. The molecule has 0 saturated carbocycles. The standard InChI is InChI=1S/C14H15BrN2OS/c1-9(7-11-3-2-6-18-11)17-13-5-4-10(14(16)19)8-12(13)15/h2-6,8-9,17H,7H2,1H3,(H2,16,19). The van der Waals surface area contributed by atoms with Crippen molar-refractivity contribution in [2.24, 2.45) is 5.73 Å². The van der Waals surface area contributed by atoms with Crippen LogP contribution in [0.15, 0.2) is 45.5 Å². The Bertz CT molecular complexity index is 569. The lowest BCUT2D eigenvalue weighted by molar-refractivity contribution is 0.498. The van der Waals surface area contributed by atoms with Gasteiger partial charge in [-0.1, -0.05) is 12.2 Å². The van der Waals surface area contributed by atoms with Crippen LogP contribution >= 0.6 is 28.1 Å². The predicted octanol–water partition coefficient (Wildman–Crippen LogP) is 3.72. The summed E-state index contributed by atoms with van der Waals surface area (Å²) in [5, 5.41) is 3.42. The van der Waals surface area contributed by atoms with Gasteiger partial charge in [0.15, 0.2) is 0 Å². The number of nitrogens with two attached hydrogens (primary N) is 1. The van der Waals surface area contributed by atoms with Crippen molar-refractivity contribution in [1.29, 1.82) is 0 Å². The Kier molecular flexibility index (Phi) is 4.61. The Hall–Kier alpha value is -1.33. The van der Waals surface area contributed by atoms with Gasteiger partial charge >= 0.3 is 0 Å². The zero-order chi connectivity index (χ0) is 13.8. The molecule has 1 atom stereocenters. The summed E-state index contributed by atoms with van der Waals surface area (Å²) in [7, 11) is 0. The molecular formula is C14H15BrN2OS. The molecule has 2 rings (SSSR count). The predicted molar refractivity (Wildman–Crippen MR) is 85.5 cm³/mol. The first-order valence-corrected chi connectivity index (χ1v) is 7.14. The van der Waals surface area contributed by atoms with Crippen molar-refractivity contribution in [3.8, 4) is 0 Å². The number of anilines is 1. The van der Waals surface area contributed by atoms with E-state index < -0.39 is 0 Å². The van der Waals surface area contributed by atoms with Crippen LogP contribution in [0.5, 0.6) is 0 Å². The molecule has 3 nitrogen and oxygen atoms in total. The van der Waals surface area contributed by atoms with E-state index >= 15 is 0 Å². The highest BCUT2D eigenvalue weighted by molar-refractivity contribution is 9.10. The number of furan rings is 1. The lowest BCUT2D eigenvalue weighted by Gasteiger charge is -2.16.